The van der Waals surface area contributed by atoms with Crippen LogP contribution in [-0.4, -0.2) is 34.7 Å². The van der Waals surface area contributed by atoms with Gasteiger partial charge in [-0.3, -0.25) is 9.89 Å². The Labute approximate surface area is 224 Å². The van der Waals surface area contributed by atoms with Crippen LogP contribution in [0.5, 0.6) is 17.4 Å². The topological polar surface area (TPSA) is 144 Å². The van der Waals surface area contributed by atoms with Gasteiger partial charge in [0.05, 0.1) is 23.9 Å². The van der Waals surface area contributed by atoms with Gasteiger partial charge in [0.25, 0.3) is 0 Å². The molecule has 0 saturated carbocycles. The van der Waals surface area contributed by atoms with Gasteiger partial charge in [0.2, 0.25) is 17.7 Å². The summed E-state index contributed by atoms with van der Waals surface area (Å²) in [4.78, 5) is 29.6. The number of nitrogens with zero attached hydrogens (tertiary/aromatic N) is 3. The molecule has 4 heterocycles. The first-order chi connectivity index (χ1) is 18.6. The maximum absolute atomic E-state index is 14.7. The summed E-state index contributed by atoms with van der Waals surface area (Å²) in [5.74, 6) is -0.524. The summed E-state index contributed by atoms with van der Waals surface area (Å²) in [6, 6.07) is 12.2. The number of aryl methyl sites for hydroxylation is 1. The molecule has 6 rings (SSSR count). The zero-order valence-corrected chi connectivity index (χ0v) is 22.0. The molecule has 10 heteroatoms. The number of allylic oxidation sites excluding steroid dienone is 1. The van der Waals surface area contributed by atoms with Crippen LogP contribution in [0.15, 0.2) is 53.9 Å². The fraction of sp³-hybridized carbons (Fsp3) is 0.241. The van der Waals surface area contributed by atoms with E-state index in [4.69, 9.17) is 19.9 Å². The largest absolute Gasteiger partial charge is 0.496 e. The van der Waals surface area contributed by atoms with E-state index >= 15 is 0 Å². The Bertz CT molecular complexity index is 1720. The summed E-state index contributed by atoms with van der Waals surface area (Å²) in [7, 11) is 1.47. The Morgan fingerprint density at radius 2 is 1.97 bits per heavy atom. The van der Waals surface area contributed by atoms with Crippen molar-refractivity contribution in [2.45, 2.75) is 38.6 Å². The van der Waals surface area contributed by atoms with E-state index in [2.05, 4.69) is 16.3 Å². The number of benzene rings is 2. The summed E-state index contributed by atoms with van der Waals surface area (Å²) >= 11 is 0. The Morgan fingerprint density at radius 3 is 2.69 bits per heavy atom. The molecule has 0 radical (unpaired) electrons. The molecule has 0 unspecified atom stereocenters. The molecule has 196 valence electrons. The van der Waals surface area contributed by atoms with Gasteiger partial charge in [-0.2, -0.15) is 5.26 Å². The van der Waals surface area contributed by atoms with Crippen LogP contribution in [0.1, 0.15) is 53.5 Å². The van der Waals surface area contributed by atoms with Gasteiger partial charge in [-0.25, -0.2) is 4.79 Å². The highest BCUT2D eigenvalue weighted by molar-refractivity contribution is 6.18. The van der Waals surface area contributed by atoms with E-state index < -0.39 is 16.9 Å². The minimum absolute atomic E-state index is 0.0530. The van der Waals surface area contributed by atoms with E-state index in [9.17, 15) is 14.9 Å². The van der Waals surface area contributed by atoms with Crippen molar-refractivity contribution in [3.8, 4) is 23.4 Å². The summed E-state index contributed by atoms with van der Waals surface area (Å²) in [6.07, 6.45) is 1.98. The number of rotatable bonds is 3. The minimum atomic E-state index is -1.66. The second-order valence-corrected chi connectivity index (χ2v) is 10.3. The number of carbonyl (C=O) groups is 2. The van der Waals surface area contributed by atoms with Crippen LogP contribution < -0.4 is 24.8 Å². The van der Waals surface area contributed by atoms with Crippen LogP contribution in [0.2, 0.25) is 0 Å². The molecule has 1 amide bonds. The summed E-state index contributed by atoms with van der Waals surface area (Å²) in [5.41, 5.74) is 7.67. The molecule has 10 nitrogen and oxygen atoms in total. The van der Waals surface area contributed by atoms with Gasteiger partial charge in [-0.1, -0.05) is 18.2 Å². The van der Waals surface area contributed by atoms with E-state index in [1.165, 1.54) is 7.11 Å². The highest BCUT2D eigenvalue weighted by Crippen LogP contribution is 2.60. The molecule has 39 heavy (non-hydrogen) atoms. The quantitative estimate of drug-likeness (QED) is 0.389. The first-order valence-corrected chi connectivity index (χ1v) is 12.3. The number of carbonyl (C=O) groups excluding carboxylic acids is 2. The number of aromatic nitrogens is 2. The predicted molar refractivity (Wildman–Crippen MR) is 141 cm³/mol. The number of methoxy groups -OCH3 is 1. The second kappa shape index (κ2) is 7.98. The maximum Gasteiger partial charge on any atom is 0.347 e. The first kappa shape index (κ1) is 24.3. The summed E-state index contributed by atoms with van der Waals surface area (Å²) in [6.45, 7) is 7.54. The van der Waals surface area contributed by atoms with Crippen molar-refractivity contribution in [2.24, 2.45) is 5.73 Å². The monoisotopic (exact) mass is 523 g/mol. The molecule has 2 aromatic carbocycles. The Hall–Kier alpha value is -5.04. The fourth-order valence-electron chi connectivity index (χ4n) is 6.09. The van der Waals surface area contributed by atoms with Crippen LogP contribution >= 0.6 is 0 Å². The summed E-state index contributed by atoms with van der Waals surface area (Å²) in [5, 5.41) is 17.4. The average molecular weight is 524 g/mol. The number of aromatic amines is 1. The third kappa shape index (κ3) is 3.04. The van der Waals surface area contributed by atoms with Crippen LogP contribution in [-0.2, 0) is 10.2 Å². The third-order valence-electron chi connectivity index (χ3n) is 7.57. The van der Waals surface area contributed by atoms with Crippen molar-refractivity contribution >= 4 is 23.1 Å². The molecular formula is C29H25N5O5. The normalized spacial score (nSPS) is 20.2. The lowest BCUT2D eigenvalue weighted by molar-refractivity contribution is -0.121. The van der Waals surface area contributed by atoms with Crippen LogP contribution in [0.3, 0.4) is 0 Å². The standard InChI is InChI=1S/C29H25N5O5/c1-14-12-28(3,4)34-23-18(14)10-16(38-26(35)17-8-6-7-9-21(17)37-5)11-19(23)29(27(34)36)20(13-30)24(31)39-25-22(29)15(2)32-33-25/h6-12H,31H2,1-5H3,(H,32,33)/t29-/m1/s1. The molecule has 3 aliphatic rings. The van der Waals surface area contributed by atoms with E-state index in [0.29, 0.717) is 33.8 Å². The number of para-hydroxylation sites is 1. The number of amides is 1. The predicted octanol–water partition coefficient (Wildman–Crippen LogP) is 3.86. The molecule has 3 aromatic rings. The van der Waals surface area contributed by atoms with Gasteiger partial charge in [0.15, 0.2) is 0 Å². The highest BCUT2D eigenvalue weighted by atomic mass is 16.5. The fourth-order valence-corrected chi connectivity index (χ4v) is 6.09. The number of H-pyrrole nitrogens is 1. The highest BCUT2D eigenvalue weighted by Gasteiger charge is 2.64. The first-order valence-electron chi connectivity index (χ1n) is 12.3. The van der Waals surface area contributed by atoms with Crippen molar-refractivity contribution in [1.29, 1.82) is 5.26 Å². The Morgan fingerprint density at radius 1 is 1.23 bits per heavy atom. The number of anilines is 1. The molecule has 3 aliphatic heterocycles. The molecule has 3 N–H and O–H groups in total. The van der Waals surface area contributed by atoms with Gasteiger partial charge in [-0.15, -0.1) is 5.10 Å². The van der Waals surface area contributed by atoms with E-state index in [0.717, 1.165) is 5.57 Å². The van der Waals surface area contributed by atoms with Crippen molar-refractivity contribution in [2.75, 3.05) is 12.0 Å². The molecule has 1 spiro atoms. The number of fused-ring (bicyclic) bond motifs is 3. The van der Waals surface area contributed by atoms with E-state index in [1.807, 2.05) is 26.8 Å². The van der Waals surface area contributed by atoms with Crippen LogP contribution in [0, 0.1) is 18.3 Å². The average Bonchev–Trinajstić information content (AvgIpc) is 3.38. The van der Waals surface area contributed by atoms with Gasteiger partial charge < -0.3 is 24.8 Å². The number of nitrogens with two attached hydrogens (primary N) is 1. The van der Waals surface area contributed by atoms with Crippen LogP contribution in [0.25, 0.3) is 5.57 Å². The van der Waals surface area contributed by atoms with Gasteiger partial charge in [-0.05, 0) is 57.5 Å². The summed E-state index contributed by atoms with van der Waals surface area (Å²) < 4.78 is 16.9. The lowest BCUT2D eigenvalue weighted by Crippen LogP contribution is -2.53. The Kier molecular flexibility index (Phi) is 4.97. The number of esters is 1. The zero-order chi connectivity index (χ0) is 27.9. The molecule has 0 saturated heterocycles. The zero-order valence-electron chi connectivity index (χ0n) is 22.0. The molecule has 0 bridgehead atoms. The molecule has 0 fully saturated rings. The molecule has 0 aliphatic carbocycles. The van der Waals surface area contributed by atoms with Crippen molar-refractivity contribution in [3.05, 3.63) is 81.9 Å². The van der Waals surface area contributed by atoms with Gasteiger partial charge in [0, 0.05) is 16.8 Å². The minimum Gasteiger partial charge on any atom is -0.496 e. The lowest BCUT2D eigenvalue weighted by atomic mass is 9.68. The number of ether oxygens (including phenoxy) is 3. The third-order valence-corrected chi connectivity index (χ3v) is 7.57. The second-order valence-electron chi connectivity index (χ2n) is 10.3. The maximum atomic E-state index is 14.7. The van der Waals surface area contributed by atoms with Crippen molar-refractivity contribution in [3.63, 3.8) is 0 Å². The van der Waals surface area contributed by atoms with Gasteiger partial charge >= 0.3 is 5.97 Å². The van der Waals surface area contributed by atoms with E-state index in [-0.39, 0.29) is 34.6 Å². The van der Waals surface area contributed by atoms with E-state index in [1.54, 1.807) is 48.2 Å². The lowest BCUT2D eigenvalue weighted by Gasteiger charge is -2.40. The molecular weight excluding hydrogens is 498 g/mol. The van der Waals surface area contributed by atoms with Crippen molar-refractivity contribution in [1.82, 2.24) is 10.2 Å². The number of hydrogen-bond donors (Lipinski definition) is 2. The number of nitriles is 1. The molecule has 1 atom stereocenters. The van der Waals surface area contributed by atoms with Crippen LogP contribution in [0.4, 0.5) is 5.69 Å². The SMILES string of the molecule is COc1ccccc1C(=O)Oc1cc2c3c(c1)[C@@]1(C(=O)N3C(C)(C)C=C2C)C(C#N)=C(N)Oc2n[nH]c(C)c21. The van der Waals surface area contributed by atoms with Crippen molar-refractivity contribution < 1.29 is 23.8 Å². The van der Waals surface area contributed by atoms with Gasteiger partial charge in [0.1, 0.15) is 34.1 Å². The molecule has 1 aromatic heterocycles. The Balaban J connectivity index is 1.65. The smallest absolute Gasteiger partial charge is 0.347 e. The number of nitrogens with one attached hydrogen (secondary N) is 1. The number of hydrogen-bond acceptors (Lipinski definition) is 8.